The molecule has 216 valence electrons. The second-order valence-corrected chi connectivity index (χ2v) is 10.8. The average Bonchev–Trinajstić information content (AvgIpc) is 2.81. The van der Waals surface area contributed by atoms with Gasteiger partial charge in [0.15, 0.2) is 19.6 Å². The molecule has 0 aromatic carbocycles. The SMILES string of the molecule is CCCCCCCCCCCCCCCCCC/C=C/CCCC[N+](CC(=O)O)(CC(=O)O)CC(=O)O. The lowest BCUT2D eigenvalue weighted by atomic mass is 10.0. The minimum absolute atomic E-state index is 0.234. The van der Waals surface area contributed by atoms with Crippen molar-refractivity contribution in [2.75, 3.05) is 26.2 Å². The Balaban J connectivity index is 3.69. The van der Waals surface area contributed by atoms with E-state index >= 15 is 0 Å². The molecule has 0 aromatic rings. The molecule has 0 aliphatic carbocycles. The number of quaternary nitrogens is 1. The Kier molecular flexibility index (Phi) is 23.2. The van der Waals surface area contributed by atoms with Gasteiger partial charge in [0, 0.05) is 0 Å². The number of aliphatic carboxylic acids is 3. The molecule has 0 amide bonds. The van der Waals surface area contributed by atoms with Crippen LogP contribution in [0, 0.1) is 0 Å². The van der Waals surface area contributed by atoms with Crippen LogP contribution in [-0.4, -0.2) is 63.9 Å². The average molecular weight is 527 g/mol. The van der Waals surface area contributed by atoms with Gasteiger partial charge in [0.05, 0.1) is 6.54 Å². The van der Waals surface area contributed by atoms with Gasteiger partial charge >= 0.3 is 17.9 Å². The van der Waals surface area contributed by atoms with Crippen molar-refractivity contribution in [3.05, 3.63) is 12.2 Å². The summed E-state index contributed by atoms with van der Waals surface area (Å²) in [6.45, 7) is 1.03. The maximum atomic E-state index is 11.2. The lowest BCUT2D eigenvalue weighted by Crippen LogP contribution is -2.57. The Morgan fingerprint density at radius 3 is 1.11 bits per heavy atom. The maximum Gasteiger partial charge on any atom is 0.359 e. The second-order valence-electron chi connectivity index (χ2n) is 10.8. The van der Waals surface area contributed by atoms with Gasteiger partial charge in [-0.05, 0) is 32.1 Å². The Hall–Kier alpha value is -1.89. The number of carboxylic acids is 3. The van der Waals surface area contributed by atoms with Crippen LogP contribution in [0.4, 0.5) is 0 Å². The van der Waals surface area contributed by atoms with E-state index in [0.29, 0.717) is 6.42 Å². The van der Waals surface area contributed by atoms with E-state index < -0.39 is 42.0 Å². The Morgan fingerprint density at radius 1 is 0.486 bits per heavy atom. The third kappa shape index (κ3) is 24.2. The molecule has 0 atom stereocenters. The van der Waals surface area contributed by atoms with Crippen molar-refractivity contribution in [1.29, 1.82) is 0 Å². The molecular weight excluding hydrogens is 470 g/mol. The molecule has 7 nitrogen and oxygen atoms in total. The molecule has 3 N–H and O–H groups in total. The summed E-state index contributed by atoms with van der Waals surface area (Å²) in [7, 11) is 0. The number of nitrogens with zero attached hydrogens (tertiary/aromatic N) is 1. The Morgan fingerprint density at radius 2 is 0.784 bits per heavy atom. The van der Waals surface area contributed by atoms with Crippen LogP contribution in [0.25, 0.3) is 0 Å². The normalized spacial score (nSPS) is 11.8. The highest BCUT2D eigenvalue weighted by Crippen LogP contribution is 2.15. The highest BCUT2D eigenvalue weighted by molar-refractivity contribution is 5.73. The molecule has 0 heterocycles. The molecule has 0 aliphatic heterocycles. The second kappa shape index (κ2) is 24.4. The standard InChI is InChI=1S/C30H55NO6/c1-2-3-4-5-6-7-8-9-10-11-12-13-14-15-16-17-18-19-20-21-22-23-24-31(25-28(32)33,26-29(34)35)27-30(36)37/h19-20H,2-18,21-27H2,1H3,(H2-,32,33,34,35,36,37)/p+1/b20-19+. The zero-order valence-electron chi connectivity index (χ0n) is 23.6. The van der Waals surface area contributed by atoms with Gasteiger partial charge in [-0.2, -0.15) is 0 Å². The number of hydrogen-bond acceptors (Lipinski definition) is 3. The van der Waals surface area contributed by atoms with Crippen LogP contribution < -0.4 is 0 Å². The van der Waals surface area contributed by atoms with E-state index in [0.717, 1.165) is 19.3 Å². The first-order chi connectivity index (χ1) is 17.8. The van der Waals surface area contributed by atoms with Crippen molar-refractivity contribution < 1.29 is 34.2 Å². The molecule has 0 saturated heterocycles. The van der Waals surface area contributed by atoms with Crippen LogP contribution in [0.1, 0.15) is 135 Å². The van der Waals surface area contributed by atoms with Gasteiger partial charge in [0.1, 0.15) is 0 Å². The first-order valence-corrected chi connectivity index (χ1v) is 15.0. The highest BCUT2D eigenvalue weighted by atomic mass is 16.4. The predicted octanol–water partition coefficient (Wildman–Crippen LogP) is 7.44. The molecule has 0 aliphatic rings. The fourth-order valence-corrected chi connectivity index (χ4v) is 5.02. The summed E-state index contributed by atoms with van der Waals surface area (Å²) in [6, 6.07) is 0. The topological polar surface area (TPSA) is 112 Å². The first kappa shape index (κ1) is 35.1. The Bertz CT molecular complexity index is 578. The predicted molar refractivity (Wildman–Crippen MR) is 150 cm³/mol. The summed E-state index contributed by atoms with van der Waals surface area (Å²) >= 11 is 0. The van der Waals surface area contributed by atoms with Crippen molar-refractivity contribution >= 4 is 17.9 Å². The minimum atomic E-state index is -1.18. The van der Waals surface area contributed by atoms with E-state index in [1.807, 2.05) is 0 Å². The number of rotatable bonds is 28. The monoisotopic (exact) mass is 526 g/mol. The number of allylic oxidation sites excluding steroid dienone is 2. The molecule has 0 bridgehead atoms. The zero-order chi connectivity index (χ0) is 27.6. The van der Waals surface area contributed by atoms with E-state index in [4.69, 9.17) is 15.3 Å². The van der Waals surface area contributed by atoms with Crippen molar-refractivity contribution in [3.8, 4) is 0 Å². The Labute approximate surface area is 225 Å². The van der Waals surface area contributed by atoms with E-state index in [-0.39, 0.29) is 6.54 Å². The van der Waals surface area contributed by atoms with Crippen LogP contribution in [0.15, 0.2) is 12.2 Å². The van der Waals surface area contributed by atoms with E-state index in [1.54, 1.807) is 0 Å². The maximum absolute atomic E-state index is 11.2. The third-order valence-electron chi connectivity index (χ3n) is 7.06. The molecule has 0 unspecified atom stereocenters. The lowest BCUT2D eigenvalue weighted by Gasteiger charge is -2.34. The quantitative estimate of drug-likeness (QED) is 0.0555. The molecular formula is C30H56NO6+. The molecule has 37 heavy (non-hydrogen) atoms. The van der Waals surface area contributed by atoms with Gasteiger partial charge < -0.3 is 15.3 Å². The fraction of sp³-hybridized carbons (Fsp3) is 0.833. The van der Waals surface area contributed by atoms with Gasteiger partial charge in [-0.1, -0.05) is 115 Å². The van der Waals surface area contributed by atoms with Crippen LogP contribution in [0.5, 0.6) is 0 Å². The van der Waals surface area contributed by atoms with Crippen LogP contribution >= 0.6 is 0 Å². The largest absolute Gasteiger partial charge is 0.477 e. The summed E-state index contributed by atoms with van der Waals surface area (Å²) in [5.41, 5.74) is 0. The molecule has 7 heteroatoms. The molecule has 0 fully saturated rings. The van der Waals surface area contributed by atoms with Crippen molar-refractivity contribution in [1.82, 2.24) is 0 Å². The van der Waals surface area contributed by atoms with E-state index in [2.05, 4.69) is 19.1 Å². The number of hydrogen-bond donors (Lipinski definition) is 3. The summed E-state index contributed by atoms with van der Waals surface area (Å²) in [6.07, 6.45) is 29.5. The zero-order valence-corrected chi connectivity index (χ0v) is 23.6. The van der Waals surface area contributed by atoms with E-state index in [9.17, 15) is 14.4 Å². The van der Waals surface area contributed by atoms with Crippen LogP contribution in [0.3, 0.4) is 0 Å². The van der Waals surface area contributed by atoms with Gasteiger partial charge in [-0.15, -0.1) is 0 Å². The molecule has 0 saturated carbocycles. The van der Waals surface area contributed by atoms with Crippen molar-refractivity contribution in [2.45, 2.75) is 135 Å². The molecule has 0 spiro atoms. The molecule has 0 rings (SSSR count). The van der Waals surface area contributed by atoms with Gasteiger partial charge in [-0.25, -0.2) is 14.4 Å². The smallest absolute Gasteiger partial charge is 0.359 e. The number of carbonyl (C=O) groups is 3. The summed E-state index contributed by atoms with van der Waals surface area (Å²) in [5.74, 6) is -3.54. The minimum Gasteiger partial charge on any atom is -0.477 e. The van der Waals surface area contributed by atoms with Gasteiger partial charge in [-0.3, -0.25) is 4.48 Å². The summed E-state index contributed by atoms with van der Waals surface area (Å²) in [5, 5.41) is 27.4. The third-order valence-corrected chi connectivity index (χ3v) is 7.06. The van der Waals surface area contributed by atoms with Gasteiger partial charge in [0.2, 0.25) is 0 Å². The molecule has 0 aromatic heterocycles. The molecule has 0 radical (unpaired) electrons. The van der Waals surface area contributed by atoms with E-state index in [1.165, 1.54) is 103 Å². The van der Waals surface area contributed by atoms with Crippen LogP contribution in [-0.2, 0) is 14.4 Å². The number of unbranched alkanes of at least 4 members (excludes halogenated alkanes) is 18. The fourth-order valence-electron chi connectivity index (χ4n) is 5.02. The van der Waals surface area contributed by atoms with Crippen molar-refractivity contribution in [2.24, 2.45) is 0 Å². The lowest BCUT2D eigenvalue weighted by molar-refractivity contribution is -0.907. The van der Waals surface area contributed by atoms with Crippen molar-refractivity contribution in [3.63, 3.8) is 0 Å². The summed E-state index contributed by atoms with van der Waals surface area (Å²) < 4.78 is -0.455. The number of carboxylic acid groups (broad SMARTS) is 3. The highest BCUT2D eigenvalue weighted by Gasteiger charge is 2.35. The summed E-state index contributed by atoms with van der Waals surface area (Å²) in [4.78, 5) is 33.6. The first-order valence-electron chi connectivity index (χ1n) is 15.0. The van der Waals surface area contributed by atoms with Gasteiger partial charge in [0.25, 0.3) is 0 Å². The van der Waals surface area contributed by atoms with Crippen LogP contribution in [0.2, 0.25) is 0 Å².